The minimum atomic E-state index is -0.734. The van der Waals surface area contributed by atoms with Crippen LogP contribution in [0.2, 0.25) is 0 Å². The van der Waals surface area contributed by atoms with Crippen LogP contribution >= 0.6 is 0 Å². The van der Waals surface area contributed by atoms with Crippen molar-refractivity contribution in [2.24, 2.45) is 7.05 Å². The number of ether oxygens (including phenoxy) is 1. The van der Waals surface area contributed by atoms with E-state index in [1.54, 1.807) is 24.3 Å². The van der Waals surface area contributed by atoms with Gasteiger partial charge in [0.1, 0.15) is 6.61 Å². The van der Waals surface area contributed by atoms with E-state index in [1.165, 1.54) is 19.2 Å². The Morgan fingerprint density at radius 2 is 1.67 bits per heavy atom. The SMILES string of the molecule is Cn1nc(C(=O)OCCN2C(=O)c3ccccc3C2=O)ccc1=O. The predicted molar refractivity (Wildman–Crippen MR) is 81.6 cm³/mol. The minimum absolute atomic E-state index is 0.0283. The summed E-state index contributed by atoms with van der Waals surface area (Å²) < 4.78 is 6.03. The van der Waals surface area contributed by atoms with Gasteiger partial charge in [-0.05, 0) is 18.2 Å². The van der Waals surface area contributed by atoms with Gasteiger partial charge in [-0.3, -0.25) is 19.3 Å². The van der Waals surface area contributed by atoms with Crippen LogP contribution in [0, 0.1) is 0 Å². The van der Waals surface area contributed by atoms with Crippen LogP contribution in [-0.2, 0) is 11.8 Å². The largest absolute Gasteiger partial charge is 0.459 e. The van der Waals surface area contributed by atoms with Crippen LogP contribution in [0.25, 0.3) is 0 Å². The summed E-state index contributed by atoms with van der Waals surface area (Å²) in [6, 6.07) is 8.98. The zero-order valence-electron chi connectivity index (χ0n) is 12.8. The van der Waals surface area contributed by atoms with Gasteiger partial charge in [0, 0.05) is 13.1 Å². The minimum Gasteiger partial charge on any atom is -0.459 e. The van der Waals surface area contributed by atoms with Crippen molar-refractivity contribution in [1.29, 1.82) is 0 Å². The smallest absolute Gasteiger partial charge is 0.358 e. The van der Waals surface area contributed by atoms with E-state index in [0.29, 0.717) is 11.1 Å². The van der Waals surface area contributed by atoms with Crippen LogP contribution < -0.4 is 5.56 Å². The molecule has 0 saturated heterocycles. The lowest BCUT2D eigenvalue weighted by Crippen LogP contribution is -2.33. The zero-order chi connectivity index (χ0) is 17.3. The second kappa shape index (κ2) is 6.07. The van der Waals surface area contributed by atoms with Crippen molar-refractivity contribution in [3.8, 4) is 0 Å². The predicted octanol–water partition coefficient (Wildman–Crippen LogP) is 0.233. The van der Waals surface area contributed by atoms with E-state index in [4.69, 9.17) is 4.74 Å². The Bertz CT molecular complexity index is 868. The molecule has 2 aromatic rings. The Hall–Kier alpha value is -3.29. The molecule has 8 nitrogen and oxygen atoms in total. The topological polar surface area (TPSA) is 98.6 Å². The van der Waals surface area contributed by atoms with E-state index in [0.717, 1.165) is 9.58 Å². The van der Waals surface area contributed by atoms with Gasteiger partial charge < -0.3 is 4.74 Å². The molecule has 1 aliphatic heterocycles. The molecule has 0 N–H and O–H groups in total. The first-order chi connectivity index (χ1) is 11.5. The Labute approximate surface area is 136 Å². The van der Waals surface area contributed by atoms with E-state index in [9.17, 15) is 19.2 Å². The molecule has 1 aliphatic rings. The summed E-state index contributed by atoms with van der Waals surface area (Å²) in [5, 5.41) is 3.77. The van der Waals surface area contributed by atoms with E-state index in [-0.39, 0.29) is 24.4 Å². The first kappa shape index (κ1) is 15.6. The molecule has 122 valence electrons. The van der Waals surface area contributed by atoms with Gasteiger partial charge in [-0.1, -0.05) is 12.1 Å². The second-order valence-corrected chi connectivity index (χ2v) is 5.12. The normalized spacial score (nSPS) is 13.1. The van der Waals surface area contributed by atoms with Gasteiger partial charge in [-0.2, -0.15) is 5.10 Å². The fraction of sp³-hybridized carbons (Fsp3) is 0.188. The van der Waals surface area contributed by atoms with Crippen molar-refractivity contribution >= 4 is 17.8 Å². The number of nitrogens with zero attached hydrogens (tertiary/aromatic N) is 3. The lowest BCUT2D eigenvalue weighted by Gasteiger charge is -2.13. The summed E-state index contributed by atoms with van der Waals surface area (Å²) >= 11 is 0. The summed E-state index contributed by atoms with van der Waals surface area (Å²) in [5.74, 6) is -1.55. The van der Waals surface area contributed by atoms with Crippen LogP contribution in [0.4, 0.5) is 0 Å². The first-order valence-corrected chi connectivity index (χ1v) is 7.16. The lowest BCUT2D eigenvalue weighted by molar-refractivity contribution is 0.0413. The molecule has 0 unspecified atom stereocenters. The van der Waals surface area contributed by atoms with E-state index in [1.807, 2.05) is 0 Å². The van der Waals surface area contributed by atoms with Crippen LogP contribution in [0.3, 0.4) is 0 Å². The molecule has 2 amide bonds. The number of imide groups is 1. The fourth-order valence-electron chi connectivity index (χ4n) is 2.36. The average Bonchev–Trinajstić information content (AvgIpc) is 2.82. The van der Waals surface area contributed by atoms with Crippen molar-refractivity contribution in [3.05, 3.63) is 63.6 Å². The van der Waals surface area contributed by atoms with Crippen LogP contribution in [-0.4, -0.2) is 45.6 Å². The number of hydrogen-bond acceptors (Lipinski definition) is 6. The number of hydrogen-bond donors (Lipinski definition) is 0. The summed E-state index contributed by atoms with van der Waals surface area (Å²) in [7, 11) is 1.41. The molecule has 0 atom stereocenters. The van der Waals surface area contributed by atoms with Gasteiger partial charge in [0.25, 0.3) is 17.4 Å². The number of fused-ring (bicyclic) bond motifs is 1. The standard InChI is InChI=1S/C16H13N3O5/c1-18-13(20)7-6-12(17-18)16(23)24-9-8-19-14(21)10-4-2-3-5-11(10)15(19)22/h2-7H,8-9H2,1H3. The molecule has 0 bridgehead atoms. The highest BCUT2D eigenvalue weighted by atomic mass is 16.5. The van der Waals surface area contributed by atoms with Crippen LogP contribution in [0.1, 0.15) is 31.2 Å². The number of carbonyl (C=O) groups excluding carboxylic acids is 3. The van der Waals surface area contributed by atoms with Crippen molar-refractivity contribution in [2.75, 3.05) is 13.2 Å². The molecule has 0 aliphatic carbocycles. The molecule has 8 heteroatoms. The van der Waals surface area contributed by atoms with Gasteiger partial charge >= 0.3 is 5.97 Å². The highest BCUT2D eigenvalue weighted by Crippen LogP contribution is 2.21. The lowest BCUT2D eigenvalue weighted by atomic mass is 10.1. The molecule has 0 radical (unpaired) electrons. The maximum atomic E-state index is 12.1. The number of aromatic nitrogens is 2. The van der Waals surface area contributed by atoms with Gasteiger partial charge in [-0.15, -0.1) is 0 Å². The number of rotatable bonds is 4. The summed E-state index contributed by atoms with van der Waals surface area (Å²) in [5.41, 5.74) is 0.305. The molecule has 1 aromatic heterocycles. The number of aryl methyl sites for hydroxylation is 1. The molecule has 24 heavy (non-hydrogen) atoms. The third-order valence-corrected chi connectivity index (χ3v) is 3.60. The van der Waals surface area contributed by atoms with Crippen molar-refractivity contribution in [1.82, 2.24) is 14.7 Å². The van der Waals surface area contributed by atoms with Crippen LogP contribution in [0.5, 0.6) is 0 Å². The number of esters is 1. The van der Waals surface area contributed by atoms with Gasteiger partial charge in [0.15, 0.2) is 5.69 Å². The molecular weight excluding hydrogens is 314 g/mol. The third kappa shape index (κ3) is 2.69. The maximum absolute atomic E-state index is 12.1. The molecule has 0 spiro atoms. The molecule has 3 rings (SSSR count). The maximum Gasteiger partial charge on any atom is 0.358 e. The van der Waals surface area contributed by atoms with Crippen LogP contribution in [0.15, 0.2) is 41.2 Å². The monoisotopic (exact) mass is 327 g/mol. The highest BCUT2D eigenvalue weighted by molar-refractivity contribution is 6.21. The molecule has 1 aromatic carbocycles. The van der Waals surface area contributed by atoms with Gasteiger partial charge in [-0.25, -0.2) is 9.48 Å². The van der Waals surface area contributed by atoms with E-state index in [2.05, 4.69) is 5.10 Å². The Morgan fingerprint density at radius 1 is 1.04 bits per heavy atom. The number of amides is 2. The van der Waals surface area contributed by atoms with Gasteiger partial charge in [0.05, 0.1) is 17.7 Å². The summed E-state index contributed by atoms with van der Waals surface area (Å²) in [4.78, 5) is 48.4. The Balaban J connectivity index is 1.62. The van der Waals surface area contributed by atoms with Gasteiger partial charge in [0.2, 0.25) is 0 Å². The highest BCUT2D eigenvalue weighted by Gasteiger charge is 2.34. The van der Waals surface area contributed by atoms with E-state index < -0.39 is 17.8 Å². The number of benzene rings is 1. The Kier molecular flexibility index (Phi) is 3.95. The summed E-state index contributed by atoms with van der Waals surface area (Å²) in [6.07, 6.45) is 0. The fourth-order valence-corrected chi connectivity index (χ4v) is 2.36. The average molecular weight is 327 g/mol. The van der Waals surface area contributed by atoms with Crippen molar-refractivity contribution < 1.29 is 19.1 Å². The molecular formula is C16H13N3O5. The van der Waals surface area contributed by atoms with Crippen molar-refractivity contribution in [3.63, 3.8) is 0 Å². The third-order valence-electron chi connectivity index (χ3n) is 3.60. The van der Waals surface area contributed by atoms with E-state index >= 15 is 0 Å². The van der Waals surface area contributed by atoms with Crippen molar-refractivity contribution in [2.45, 2.75) is 0 Å². The number of carbonyl (C=O) groups is 3. The molecule has 0 saturated carbocycles. The zero-order valence-corrected chi connectivity index (χ0v) is 12.8. The quantitative estimate of drug-likeness (QED) is 0.589. The molecule has 2 heterocycles. The second-order valence-electron chi connectivity index (χ2n) is 5.12. The summed E-state index contributed by atoms with van der Waals surface area (Å²) in [6.45, 7) is -0.210. The molecule has 0 fully saturated rings. The first-order valence-electron chi connectivity index (χ1n) is 7.16. The Morgan fingerprint density at radius 3 is 2.25 bits per heavy atom.